The first kappa shape index (κ1) is 15.2. The van der Waals surface area contributed by atoms with Gasteiger partial charge in [0.2, 0.25) is 0 Å². The second kappa shape index (κ2) is 5.53. The Morgan fingerprint density at radius 1 is 1.19 bits per heavy atom. The van der Waals surface area contributed by atoms with Gasteiger partial charge in [0.25, 0.3) is 0 Å². The first-order chi connectivity index (χ1) is 13.3. The van der Waals surface area contributed by atoms with Crippen molar-refractivity contribution >= 4 is 12.0 Å². The van der Waals surface area contributed by atoms with Crippen LogP contribution in [-0.2, 0) is 13.0 Å². The fourth-order valence-electron chi connectivity index (χ4n) is 4.12. The number of nitrogens with one attached hydrogen (secondary N) is 1. The maximum atomic E-state index is 10.3. The third kappa shape index (κ3) is 2.35. The zero-order valence-electron chi connectivity index (χ0n) is 14.8. The number of hydrogen-bond acceptors (Lipinski definition) is 5. The van der Waals surface area contributed by atoms with Gasteiger partial charge >= 0.3 is 0 Å². The van der Waals surface area contributed by atoms with Crippen molar-refractivity contribution < 1.29 is 5.11 Å². The van der Waals surface area contributed by atoms with E-state index in [1.54, 1.807) is 6.34 Å². The number of aliphatic hydroxyl groups is 1. The van der Waals surface area contributed by atoms with Crippen molar-refractivity contribution in [3.63, 3.8) is 0 Å². The molecular weight excluding hydrogens is 340 g/mol. The van der Waals surface area contributed by atoms with Crippen LogP contribution in [0.4, 0.5) is 5.69 Å². The molecule has 1 fully saturated rings. The highest BCUT2D eigenvalue weighted by atomic mass is 16.3. The summed E-state index contributed by atoms with van der Waals surface area (Å²) in [7, 11) is 0. The van der Waals surface area contributed by atoms with Gasteiger partial charge in [-0.1, -0.05) is 6.07 Å². The van der Waals surface area contributed by atoms with Gasteiger partial charge in [0.15, 0.2) is 6.23 Å². The van der Waals surface area contributed by atoms with Crippen LogP contribution in [0.2, 0.25) is 0 Å². The zero-order valence-corrected chi connectivity index (χ0v) is 14.8. The number of aryl methyl sites for hydroxylation is 1. The SMILES string of the molecule is OC1N=CNc2ccc(-c3c(-c4ccn(C5CC5)n4)nc4n3CCC4)cc21. The second-order valence-corrected chi connectivity index (χ2v) is 7.49. The van der Waals surface area contributed by atoms with E-state index in [4.69, 9.17) is 10.1 Å². The molecule has 3 aliphatic rings. The first-order valence-electron chi connectivity index (χ1n) is 9.53. The average molecular weight is 360 g/mol. The third-order valence-electron chi connectivity index (χ3n) is 5.64. The van der Waals surface area contributed by atoms with Crippen LogP contribution in [0.25, 0.3) is 22.6 Å². The van der Waals surface area contributed by atoms with Gasteiger partial charge in [0.1, 0.15) is 17.2 Å². The number of aliphatic hydroxyl groups excluding tert-OH is 1. The molecule has 4 heterocycles. The van der Waals surface area contributed by atoms with E-state index in [9.17, 15) is 5.11 Å². The highest BCUT2D eigenvalue weighted by Gasteiger charge is 2.28. The fourth-order valence-corrected chi connectivity index (χ4v) is 4.12. The summed E-state index contributed by atoms with van der Waals surface area (Å²) < 4.78 is 4.37. The maximum Gasteiger partial charge on any atom is 0.175 e. The minimum absolute atomic E-state index is 0.555. The van der Waals surface area contributed by atoms with Crippen molar-refractivity contribution in [1.82, 2.24) is 19.3 Å². The fraction of sp³-hybridized carbons (Fsp3) is 0.350. The molecule has 3 aromatic rings. The molecular formula is C20H20N6O. The molecule has 2 aromatic heterocycles. The Balaban J connectivity index is 1.51. The quantitative estimate of drug-likeness (QED) is 0.752. The van der Waals surface area contributed by atoms with Gasteiger partial charge < -0.3 is 15.0 Å². The summed E-state index contributed by atoms with van der Waals surface area (Å²) in [6.07, 6.45) is 7.31. The molecule has 6 rings (SSSR count). The predicted molar refractivity (Wildman–Crippen MR) is 103 cm³/mol. The Labute approximate surface area is 156 Å². The topological polar surface area (TPSA) is 80.3 Å². The number of rotatable bonds is 3. The van der Waals surface area contributed by atoms with Crippen LogP contribution in [0.5, 0.6) is 0 Å². The number of aliphatic imine (C=N–C) groups is 1. The van der Waals surface area contributed by atoms with Crippen LogP contribution in [0.3, 0.4) is 0 Å². The molecule has 7 heteroatoms. The lowest BCUT2D eigenvalue weighted by atomic mass is 10.0. The third-order valence-corrected chi connectivity index (χ3v) is 5.64. The minimum atomic E-state index is -0.834. The van der Waals surface area contributed by atoms with Crippen molar-refractivity contribution in [3.8, 4) is 22.6 Å². The van der Waals surface area contributed by atoms with E-state index in [1.807, 2.05) is 12.1 Å². The molecule has 2 N–H and O–H groups in total. The normalized spacial score (nSPS) is 20.4. The highest BCUT2D eigenvalue weighted by molar-refractivity contribution is 5.84. The van der Waals surface area contributed by atoms with Gasteiger partial charge in [-0.3, -0.25) is 4.68 Å². The Bertz CT molecular complexity index is 1070. The zero-order chi connectivity index (χ0) is 18.0. The first-order valence-corrected chi connectivity index (χ1v) is 9.53. The van der Waals surface area contributed by atoms with Gasteiger partial charge in [0.05, 0.1) is 18.1 Å². The highest BCUT2D eigenvalue weighted by Crippen LogP contribution is 2.39. The van der Waals surface area contributed by atoms with E-state index in [2.05, 4.69) is 37.9 Å². The largest absolute Gasteiger partial charge is 0.368 e. The van der Waals surface area contributed by atoms with Gasteiger partial charge in [-0.05, 0) is 37.5 Å². The molecule has 1 unspecified atom stereocenters. The van der Waals surface area contributed by atoms with E-state index in [-0.39, 0.29) is 0 Å². The standard InChI is InChI=1S/C20H20N6O/c27-20-14-10-12(3-6-15(14)21-11-22-20)19-18(23-17-2-1-8-25(17)19)16-7-9-26(24-16)13-4-5-13/h3,6-7,9-11,13,20,27H,1-2,4-5,8H2,(H,21,22). The molecule has 0 radical (unpaired) electrons. The smallest absolute Gasteiger partial charge is 0.175 e. The summed E-state index contributed by atoms with van der Waals surface area (Å²) in [5.41, 5.74) is 5.68. The second-order valence-electron chi connectivity index (χ2n) is 7.49. The van der Waals surface area contributed by atoms with Crippen LogP contribution in [0.15, 0.2) is 35.5 Å². The van der Waals surface area contributed by atoms with E-state index in [0.717, 1.165) is 59.1 Å². The lowest BCUT2D eigenvalue weighted by Gasteiger charge is -2.18. The Kier molecular flexibility index (Phi) is 3.11. The molecule has 1 aromatic carbocycles. The van der Waals surface area contributed by atoms with E-state index in [1.165, 1.54) is 12.8 Å². The van der Waals surface area contributed by atoms with Gasteiger partial charge in [-0.15, -0.1) is 0 Å². The van der Waals surface area contributed by atoms with Crippen molar-refractivity contribution in [2.75, 3.05) is 5.32 Å². The molecule has 1 aliphatic carbocycles. The van der Waals surface area contributed by atoms with Gasteiger partial charge in [0, 0.05) is 36.0 Å². The number of anilines is 1. The molecule has 7 nitrogen and oxygen atoms in total. The Morgan fingerprint density at radius 3 is 3.00 bits per heavy atom. The number of aromatic nitrogens is 4. The van der Waals surface area contributed by atoms with Crippen LogP contribution >= 0.6 is 0 Å². The lowest BCUT2D eigenvalue weighted by Crippen LogP contribution is -2.10. The summed E-state index contributed by atoms with van der Waals surface area (Å²) in [6, 6.07) is 8.73. The van der Waals surface area contributed by atoms with Crippen LogP contribution in [0, 0.1) is 0 Å². The van der Waals surface area contributed by atoms with Crippen molar-refractivity contribution in [2.45, 2.75) is 44.5 Å². The predicted octanol–water partition coefficient (Wildman–Crippen LogP) is 3.14. The van der Waals surface area contributed by atoms with Crippen molar-refractivity contribution in [3.05, 3.63) is 41.9 Å². The molecule has 2 aliphatic heterocycles. The lowest BCUT2D eigenvalue weighted by molar-refractivity contribution is 0.189. The summed E-state index contributed by atoms with van der Waals surface area (Å²) >= 11 is 0. The summed E-state index contributed by atoms with van der Waals surface area (Å²) in [5, 5.41) is 18.2. The van der Waals surface area contributed by atoms with Crippen LogP contribution in [0.1, 0.15) is 42.9 Å². The molecule has 27 heavy (non-hydrogen) atoms. The molecule has 0 spiro atoms. The Hall–Kier alpha value is -2.93. The van der Waals surface area contributed by atoms with Crippen molar-refractivity contribution in [2.24, 2.45) is 4.99 Å². The number of imidazole rings is 1. The number of benzene rings is 1. The summed E-state index contributed by atoms with van der Waals surface area (Å²) in [6.45, 7) is 0.969. The molecule has 1 atom stereocenters. The van der Waals surface area contributed by atoms with Gasteiger partial charge in [-0.25, -0.2) is 9.98 Å². The number of fused-ring (bicyclic) bond motifs is 2. The minimum Gasteiger partial charge on any atom is -0.368 e. The van der Waals surface area contributed by atoms with E-state index >= 15 is 0 Å². The maximum absolute atomic E-state index is 10.3. The summed E-state index contributed by atoms with van der Waals surface area (Å²) in [5.74, 6) is 1.12. The molecule has 0 bridgehead atoms. The average Bonchev–Trinajstić information content (AvgIpc) is 3.09. The summed E-state index contributed by atoms with van der Waals surface area (Å²) in [4.78, 5) is 9.00. The molecule has 0 amide bonds. The van der Waals surface area contributed by atoms with Gasteiger partial charge in [-0.2, -0.15) is 5.10 Å². The molecule has 136 valence electrons. The number of hydrogen-bond donors (Lipinski definition) is 2. The van der Waals surface area contributed by atoms with E-state index in [0.29, 0.717) is 6.04 Å². The van der Waals surface area contributed by atoms with Crippen LogP contribution in [-0.4, -0.2) is 30.8 Å². The molecule has 1 saturated carbocycles. The van der Waals surface area contributed by atoms with E-state index < -0.39 is 6.23 Å². The number of nitrogens with zero attached hydrogens (tertiary/aromatic N) is 5. The van der Waals surface area contributed by atoms with Crippen LogP contribution < -0.4 is 5.32 Å². The molecule has 0 saturated heterocycles. The van der Waals surface area contributed by atoms with Crippen molar-refractivity contribution in [1.29, 1.82) is 0 Å². The Morgan fingerprint density at radius 2 is 2.11 bits per heavy atom. The monoisotopic (exact) mass is 360 g/mol.